The summed E-state index contributed by atoms with van der Waals surface area (Å²) in [5, 5.41) is 8.58. The van der Waals surface area contributed by atoms with E-state index in [0.29, 0.717) is 6.54 Å². The molecule has 1 fully saturated rings. The van der Waals surface area contributed by atoms with E-state index < -0.39 is 12.0 Å². The molecule has 1 rings (SSSR count). The van der Waals surface area contributed by atoms with Gasteiger partial charge in [-0.1, -0.05) is 0 Å². The van der Waals surface area contributed by atoms with Crippen molar-refractivity contribution in [3.63, 3.8) is 0 Å². The van der Waals surface area contributed by atoms with E-state index >= 15 is 0 Å². The molecular weight excluding hydrogens is 172 g/mol. The molecule has 0 amide bonds. The lowest BCUT2D eigenvalue weighted by Crippen LogP contribution is -2.33. The Morgan fingerprint density at radius 1 is 1.62 bits per heavy atom. The molecule has 6 heteroatoms. The van der Waals surface area contributed by atoms with E-state index in [2.05, 4.69) is 4.99 Å². The second kappa shape index (κ2) is 3.61. The van der Waals surface area contributed by atoms with Gasteiger partial charge in [0.15, 0.2) is 5.96 Å². The SMILES string of the molecule is NC(N)=NC[C@H]1C[C@H]1[C@@H](N)C(=O)O. The Morgan fingerprint density at radius 2 is 2.23 bits per heavy atom. The fraction of sp³-hybridized carbons (Fsp3) is 0.714. The first-order chi connectivity index (χ1) is 6.02. The first kappa shape index (κ1) is 9.79. The van der Waals surface area contributed by atoms with Crippen molar-refractivity contribution in [1.29, 1.82) is 0 Å². The van der Waals surface area contributed by atoms with Crippen LogP contribution in [0.25, 0.3) is 0 Å². The summed E-state index contributed by atoms with van der Waals surface area (Å²) in [5.41, 5.74) is 15.7. The summed E-state index contributed by atoms with van der Waals surface area (Å²) in [7, 11) is 0. The van der Waals surface area contributed by atoms with E-state index in [-0.39, 0.29) is 17.8 Å². The minimum absolute atomic E-state index is 0.0283. The van der Waals surface area contributed by atoms with Gasteiger partial charge in [0.05, 0.1) is 0 Å². The van der Waals surface area contributed by atoms with Gasteiger partial charge in [-0.05, 0) is 18.3 Å². The number of aliphatic carboxylic acids is 1. The molecule has 0 aromatic rings. The Kier molecular flexibility index (Phi) is 2.72. The van der Waals surface area contributed by atoms with Crippen LogP contribution in [0, 0.1) is 11.8 Å². The summed E-state index contributed by atoms with van der Waals surface area (Å²) in [6.07, 6.45) is 0.796. The van der Waals surface area contributed by atoms with Crippen LogP contribution in [-0.4, -0.2) is 29.6 Å². The molecule has 3 atom stereocenters. The molecule has 0 saturated heterocycles. The number of guanidine groups is 1. The van der Waals surface area contributed by atoms with E-state index in [4.69, 9.17) is 22.3 Å². The molecule has 1 saturated carbocycles. The van der Waals surface area contributed by atoms with Gasteiger partial charge in [0.2, 0.25) is 0 Å². The van der Waals surface area contributed by atoms with Gasteiger partial charge >= 0.3 is 5.97 Å². The van der Waals surface area contributed by atoms with E-state index in [1.54, 1.807) is 0 Å². The highest BCUT2D eigenvalue weighted by Gasteiger charge is 2.44. The number of hydrogen-bond donors (Lipinski definition) is 4. The number of rotatable bonds is 4. The number of nitrogens with two attached hydrogens (primary N) is 3. The van der Waals surface area contributed by atoms with Crippen LogP contribution >= 0.6 is 0 Å². The van der Waals surface area contributed by atoms with Gasteiger partial charge in [0.1, 0.15) is 6.04 Å². The normalized spacial score (nSPS) is 27.8. The third-order valence-electron chi connectivity index (χ3n) is 2.23. The van der Waals surface area contributed by atoms with Crippen molar-refractivity contribution in [3.05, 3.63) is 0 Å². The second-order valence-electron chi connectivity index (χ2n) is 3.29. The molecule has 0 aliphatic heterocycles. The first-order valence-corrected chi connectivity index (χ1v) is 4.06. The first-order valence-electron chi connectivity index (χ1n) is 4.06. The second-order valence-corrected chi connectivity index (χ2v) is 3.29. The lowest BCUT2D eigenvalue weighted by Gasteiger charge is -2.03. The predicted molar refractivity (Wildman–Crippen MR) is 47.9 cm³/mol. The molecular formula is C7H14N4O2. The highest BCUT2D eigenvalue weighted by molar-refractivity contribution is 5.76. The van der Waals surface area contributed by atoms with Crippen molar-refractivity contribution >= 4 is 11.9 Å². The lowest BCUT2D eigenvalue weighted by atomic mass is 10.1. The minimum atomic E-state index is -0.961. The van der Waals surface area contributed by atoms with Gasteiger partial charge in [-0.3, -0.25) is 9.79 Å². The fourth-order valence-corrected chi connectivity index (χ4v) is 1.33. The molecule has 1 aliphatic rings. The maximum atomic E-state index is 10.5. The highest BCUT2D eigenvalue weighted by atomic mass is 16.4. The van der Waals surface area contributed by atoms with Crippen LogP contribution in [0.1, 0.15) is 6.42 Å². The van der Waals surface area contributed by atoms with Gasteiger partial charge in [-0.2, -0.15) is 0 Å². The van der Waals surface area contributed by atoms with Gasteiger partial charge < -0.3 is 22.3 Å². The van der Waals surface area contributed by atoms with Gasteiger partial charge in [0, 0.05) is 6.54 Å². The van der Waals surface area contributed by atoms with Crippen LogP contribution in [0.15, 0.2) is 4.99 Å². The Hall–Kier alpha value is -1.30. The average Bonchev–Trinajstić information content (AvgIpc) is 2.78. The number of carboxylic acids is 1. The van der Waals surface area contributed by atoms with Crippen LogP contribution in [0.3, 0.4) is 0 Å². The van der Waals surface area contributed by atoms with Crippen molar-refractivity contribution in [2.45, 2.75) is 12.5 Å². The molecule has 0 radical (unpaired) electrons. The molecule has 0 heterocycles. The molecule has 0 aromatic heterocycles. The Bertz CT molecular complexity index is 237. The number of hydrogen-bond acceptors (Lipinski definition) is 3. The summed E-state index contributed by atoms with van der Waals surface area (Å²) >= 11 is 0. The van der Waals surface area contributed by atoms with Crippen LogP contribution in [0.5, 0.6) is 0 Å². The van der Waals surface area contributed by atoms with E-state index in [0.717, 1.165) is 6.42 Å². The Balaban J connectivity index is 2.30. The van der Waals surface area contributed by atoms with Crippen molar-refractivity contribution in [2.24, 2.45) is 34.0 Å². The quantitative estimate of drug-likeness (QED) is 0.307. The summed E-state index contributed by atoms with van der Waals surface area (Å²) in [5.74, 6) is -0.666. The monoisotopic (exact) mass is 186 g/mol. The Labute approximate surface area is 75.8 Å². The zero-order chi connectivity index (χ0) is 10.0. The average molecular weight is 186 g/mol. The molecule has 0 unspecified atom stereocenters. The number of nitrogens with zero attached hydrogens (tertiary/aromatic N) is 1. The molecule has 0 spiro atoms. The molecule has 74 valence electrons. The predicted octanol–water partition coefficient (Wildman–Crippen LogP) is -1.69. The highest BCUT2D eigenvalue weighted by Crippen LogP contribution is 2.40. The van der Waals surface area contributed by atoms with Gasteiger partial charge in [-0.15, -0.1) is 0 Å². The smallest absolute Gasteiger partial charge is 0.320 e. The third-order valence-corrected chi connectivity index (χ3v) is 2.23. The van der Waals surface area contributed by atoms with E-state index in [1.165, 1.54) is 0 Å². The number of carbonyl (C=O) groups is 1. The zero-order valence-corrected chi connectivity index (χ0v) is 7.18. The summed E-state index contributed by atoms with van der Waals surface area (Å²) < 4.78 is 0. The molecule has 0 aromatic carbocycles. The maximum Gasteiger partial charge on any atom is 0.320 e. The van der Waals surface area contributed by atoms with Crippen molar-refractivity contribution < 1.29 is 9.90 Å². The lowest BCUT2D eigenvalue weighted by molar-refractivity contribution is -0.139. The van der Waals surface area contributed by atoms with Crippen LogP contribution in [0.2, 0.25) is 0 Å². The van der Waals surface area contributed by atoms with Crippen LogP contribution < -0.4 is 17.2 Å². The van der Waals surface area contributed by atoms with Crippen molar-refractivity contribution in [2.75, 3.05) is 6.54 Å². The minimum Gasteiger partial charge on any atom is -0.480 e. The standard InChI is InChI=1S/C7H14N4O2/c8-5(6(12)13)4-1-3(4)2-11-7(9)10/h3-5H,1-2,8H2,(H,12,13)(H4,9,10,11)/t3-,4-,5-/m1/s1. The van der Waals surface area contributed by atoms with Crippen molar-refractivity contribution in [3.8, 4) is 0 Å². The van der Waals surface area contributed by atoms with Crippen LogP contribution in [-0.2, 0) is 4.79 Å². The van der Waals surface area contributed by atoms with Gasteiger partial charge in [0.25, 0.3) is 0 Å². The molecule has 13 heavy (non-hydrogen) atoms. The van der Waals surface area contributed by atoms with E-state index in [9.17, 15) is 4.79 Å². The zero-order valence-electron chi connectivity index (χ0n) is 7.18. The molecule has 6 nitrogen and oxygen atoms in total. The number of carboxylic acid groups (broad SMARTS) is 1. The topological polar surface area (TPSA) is 128 Å². The third kappa shape index (κ3) is 2.59. The molecule has 1 aliphatic carbocycles. The van der Waals surface area contributed by atoms with Gasteiger partial charge in [-0.25, -0.2) is 0 Å². The summed E-state index contributed by atoms with van der Waals surface area (Å²) in [6.45, 7) is 0.480. The Morgan fingerprint density at radius 3 is 2.69 bits per heavy atom. The van der Waals surface area contributed by atoms with Crippen molar-refractivity contribution in [1.82, 2.24) is 0 Å². The number of aliphatic imine (C=N–C) groups is 1. The maximum absolute atomic E-state index is 10.5. The summed E-state index contributed by atoms with van der Waals surface area (Å²) in [6, 6.07) is -0.779. The summed E-state index contributed by atoms with van der Waals surface area (Å²) in [4.78, 5) is 14.3. The molecule has 0 bridgehead atoms. The fourth-order valence-electron chi connectivity index (χ4n) is 1.33. The van der Waals surface area contributed by atoms with Crippen LogP contribution in [0.4, 0.5) is 0 Å². The molecule has 7 N–H and O–H groups in total. The van der Waals surface area contributed by atoms with E-state index in [1.807, 2.05) is 0 Å². The largest absolute Gasteiger partial charge is 0.480 e.